The Morgan fingerprint density at radius 1 is 1.32 bits per heavy atom. The van der Waals surface area contributed by atoms with Crippen molar-refractivity contribution in [3.05, 3.63) is 42.7 Å². The van der Waals surface area contributed by atoms with E-state index in [1.165, 1.54) is 12.4 Å². The van der Waals surface area contributed by atoms with Crippen molar-refractivity contribution in [1.82, 2.24) is 15.1 Å². The second-order valence-electron chi connectivity index (χ2n) is 6.06. The summed E-state index contributed by atoms with van der Waals surface area (Å²) in [5, 5.41) is 9.37. The maximum Gasteiger partial charge on any atom is 0.319 e. The predicted molar refractivity (Wildman–Crippen MR) is 92.1 cm³/mol. The molecule has 0 saturated carbocycles. The van der Waals surface area contributed by atoms with Gasteiger partial charge in [-0.25, -0.2) is 13.6 Å². The summed E-state index contributed by atoms with van der Waals surface area (Å²) in [6, 6.07) is 9.76. The zero-order chi connectivity index (χ0) is 17.6. The SMILES string of the molecule is O=C(Nc1cnn(CC(F)F)c1)NC1CCCN(c2ccccc2)C1. The number of para-hydroxylation sites is 1. The molecule has 1 aromatic carbocycles. The Labute approximate surface area is 144 Å². The largest absolute Gasteiger partial charge is 0.369 e. The lowest BCUT2D eigenvalue weighted by atomic mass is 10.1. The minimum absolute atomic E-state index is 0.0325. The van der Waals surface area contributed by atoms with Gasteiger partial charge in [-0.2, -0.15) is 5.10 Å². The van der Waals surface area contributed by atoms with Crippen LogP contribution in [0.5, 0.6) is 0 Å². The lowest BCUT2D eigenvalue weighted by molar-refractivity contribution is 0.122. The molecule has 0 aliphatic carbocycles. The second-order valence-corrected chi connectivity index (χ2v) is 6.06. The fourth-order valence-electron chi connectivity index (χ4n) is 2.99. The van der Waals surface area contributed by atoms with Gasteiger partial charge < -0.3 is 15.5 Å². The highest BCUT2D eigenvalue weighted by atomic mass is 19.3. The lowest BCUT2D eigenvalue weighted by Gasteiger charge is -2.34. The number of anilines is 2. The Morgan fingerprint density at radius 2 is 2.12 bits per heavy atom. The van der Waals surface area contributed by atoms with Crippen LogP contribution in [0.2, 0.25) is 0 Å². The zero-order valence-electron chi connectivity index (χ0n) is 13.7. The van der Waals surface area contributed by atoms with Crippen molar-refractivity contribution in [3.8, 4) is 0 Å². The second kappa shape index (κ2) is 7.96. The molecule has 1 saturated heterocycles. The Hall–Kier alpha value is -2.64. The van der Waals surface area contributed by atoms with Crippen molar-refractivity contribution in [2.24, 2.45) is 0 Å². The monoisotopic (exact) mass is 349 g/mol. The number of nitrogens with one attached hydrogen (secondary N) is 2. The number of benzene rings is 1. The van der Waals surface area contributed by atoms with Crippen molar-refractivity contribution in [2.75, 3.05) is 23.3 Å². The first-order chi connectivity index (χ1) is 12.1. The van der Waals surface area contributed by atoms with E-state index in [1.54, 1.807) is 0 Å². The smallest absolute Gasteiger partial charge is 0.319 e. The van der Waals surface area contributed by atoms with E-state index >= 15 is 0 Å². The van der Waals surface area contributed by atoms with E-state index in [1.807, 2.05) is 18.2 Å². The third-order valence-corrected chi connectivity index (χ3v) is 4.09. The number of urea groups is 1. The van der Waals surface area contributed by atoms with Crippen LogP contribution in [0.25, 0.3) is 0 Å². The van der Waals surface area contributed by atoms with Gasteiger partial charge in [0, 0.05) is 31.0 Å². The number of amides is 2. The predicted octanol–water partition coefficient (Wildman–Crippen LogP) is 2.94. The van der Waals surface area contributed by atoms with Crippen molar-refractivity contribution in [1.29, 1.82) is 0 Å². The Bertz CT molecular complexity index is 691. The van der Waals surface area contributed by atoms with Gasteiger partial charge in [-0.1, -0.05) is 18.2 Å². The number of nitrogens with zero attached hydrogens (tertiary/aromatic N) is 3. The Balaban J connectivity index is 1.51. The number of halogens is 2. The molecule has 2 N–H and O–H groups in total. The number of piperidine rings is 1. The van der Waals surface area contributed by atoms with E-state index in [0.717, 1.165) is 36.3 Å². The summed E-state index contributed by atoms with van der Waals surface area (Å²) in [5.41, 5.74) is 1.54. The van der Waals surface area contributed by atoms with Crippen LogP contribution in [-0.2, 0) is 6.54 Å². The molecule has 25 heavy (non-hydrogen) atoms. The molecular formula is C17H21F2N5O. The van der Waals surface area contributed by atoms with E-state index in [2.05, 4.69) is 32.8 Å². The minimum Gasteiger partial charge on any atom is -0.369 e. The number of hydrogen-bond donors (Lipinski definition) is 2. The summed E-state index contributed by atoms with van der Waals surface area (Å²) in [6.45, 7) is 1.21. The number of rotatable bonds is 5. The molecule has 1 unspecified atom stereocenters. The molecule has 0 spiro atoms. The fraction of sp³-hybridized carbons (Fsp3) is 0.412. The van der Waals surface area contributed by atoms with Crippen LogP contribution in [-0.4, -0.2) is 41.4 Å². The van der Waals surface area contributed by atoms with E-state index in [0.29, 0.717) is 5.69 Å². The first-order valence-electron chi connectivity index (χ1n) is 8.28. The Morgan fingerprint density at radius 3 is 2.88 bits per heavy atom. The van der Waals surface area contributed by atoms with Gasteiger partial charge >= 0.3 is 6.03 Å². The van der Waals surface area contributed by atoms with Crippen LogP contribution in [0.15, 0.2) is 42.7 Å². The number of aromatic nitrogens is 2. The van der Waals surface area contributed by atoms with Crippen LogP contribution in [0.1, 0.15) is 12.8 Å². The first-order valence-corrected chi connectivity index (χ1v) is 8.28. The zero-order valence-corrected chi connectivity index (χ0v) is 13.7. The summed E-state index contributed by atoms with van der Waals surface area (Å²) < 4.78 is 25.7. The number of carbonyl (C=O) groups is 1. The average Bonchev–Trinajstić information content (AvgIpc) is 3.02. The van der Waals surface area contributed by atoms with Gasteiger partial charge in [0.25, 0.3) is 6.43 Å². The van der Waals surface area contributed by atoms with Gasteiger partial charge in [0.15, 0.2) is 0 Å². The van der Waals surface area contributed by atoms with Gasteiger partial charge in [0.05, 0.1) is 11.9 Å². The summed E-state index contributed by atoms with van der Waals surface area (Å²) in [5.74, 6) is 0. The molecule has 6 nitrogen and oxygen atoms in total. The fourth-order valence-corrected chi connectivity index (χ4v) is 2.99. The van der Waals surface area contributed by atoms with Gasteiger partial charge in [0.1, 0.15) is 6.54 Å². The molecule has 1 aromatic heterocycles. The van der Waals surface area contributed by atoms with E-state index in [-0.39, 0.29) is 12.1 Å². The van der Waals surface area contributed by atoms with Crippen molar-refractivity contribution in [3.63, 3.8) is 0 Å². The van der Waals surface area contributed by atoms with E-state index < -0.39 is 13.0 Å². The first kappa shape index (κ1) is 17.2. The summed E-state index contributed by atoms with van der Waals surface area (Å²) in [4.78, 5) is 14.4. The summed E-state index contributed by atoms with van der Waals surface area (Å²) in [6.07, 6.45) is 2.17. The molecule has 2 heterocycles. The number of alkyl halides is 2. The standard InChI is InChI=1S/C17H21F2N5O/c18-16(19)12-24-11-14(9-20-24)22-17(25)21-13-5-4-8-23(10-13)15-6-2-1-3-7-15/h1-3,6-7,9,11,13,16H,4-5,8,10,12H2,(H2,21,22,25). The van der Waals surface area contributed by atoms with Crippen molar-refractivity contribution < 1.29 is 13.6 Å². The van der Waals surface area contributed by atoms with Crippen molar-refractivity contribution >= 4 is 17.4 Å². The molecule has 1 fully saturated rings. The van der Waals surface area contributed by atoms with Crippen LogP contribution in [0.4, 0.5) is 25.0 Å². The molecule has 0 bridgehead atoms. The maximum atomic E-state index is 12.3. The van der Waals surface area contributed by atoms with Crippen LogP contribution >= 0.6 is 0 Å². The number of hydrogen-bond acceptors (Lipinski definition) is 3. The molecule has 0 radical (unpaired) electrons. The topological polar surface area (TPSA) is 62.2 Å². The third-order valence-electron chi connectivity index (χ3n) is 4.09. The van der Waals surface area contributed by atoms with Crippen LogP contribution in [0, 0.1) is 0 Å². The Kier molecular flexibility index (Phi) is 5.47. The average molecular weight is 349 g/mol. The van der Waals surface area contributed by atoms with Gasteiger partial charge in [-0.3, -0.25) is 4.68 Å². The van der Waals surface area contributed by atoms with Crippen molar-refractivity contribution in [2.45, 2.75) is 31.9 Å². The van der Waals surface area contributed by atoms with Crippen LogP contribution in [0.3, 0.4) is 0 Å². The van der Waals surface area contributed by atoms with E-state index in [4.69, 9.17) is 0 Å². The third kappa shape index (κ3) is 4.91. The molecule has 8 heteroatoms. The summed E-state index contributed by atoms with van der Waals surface area (Å²) in [7, 11) is 0. The molecule has 1 aliphatic rings. The maximum absolute atomic E-state index is 12.3. The van der Waals surface area contributed by atoms with Gasteiger partial charge in [-0.05, 0) is 25.0 Å². The normalized spacial score (nSPS) is 17.6. The molecular weight excluding hydrogens is 328 g/mol. The minimum atomic E-state index is -2.48. The number of carbonyl (C=O) groups excluding carboxylic acids is 1. The quantitative estimate of drug-likeness (QED) is 0.872. The van der Waals surface area contributed by atoms with Gasteiger partial charge in [0.2, 0.25) is 0 Å². The molecule has 1 aliphatic heterocycles. The van der Waals surface area contributed by atoms with Gasteiger partial charge in [-0.15, -0.1) is 0 Å². The van der Waals surface area contributed by atoms with E-state index in [9.17, 15) is 13.6 Å². The lowest BCUT2D eigenvalue weighted by Crippen LogP contribution is -2.49. The molecule has 2 amide bonds. The molecule has 1 atom stereocenters. The molecule has 134 valence electrons. The highest BCUT2D eigenvalue weighted by Gasteiger charge is 2.21. The highest BCUT2D eigenvalue weighted by Crippen LogP contribution is 2.19. The highest BCUT2D eigenvalue weighted by molar-refractivity contribution is 5.89. The van der Waals surface area contributed by atoms with Crippen LogP contribution < -0.4 is 15.5 Å². The molecule has 3 rings (SSSR count). The summed E-state index contributed by atoms with van der Waals surface area (Å²) >= 11 is 0. The molecule has 2 aromatic rings.